The van der Waals surface area contributed by atoms with Crippen LogP contribution in [0.25, 0.3) is 0 Å². The van der Waals surface area contributed by atoms with E-state index in [2.05, 4.69) is 15.3 Å². The lowest BCUT2D eigenvalue weighted by molar-refractivity contribution is 0.0298. The summed E-state index contributed by atoms with van der Waals surface area (Å²) in [6, 6.07) is 8.77. The highest BCUT2D eigenvalue weighted by Crippen LogP contribution is 2.17. The van der Waals surface area contributed by atoms with Crippen LogP contribution >= 0.6 is 0 Å². The average molecular weight is 397 g/mol. The van der Waals surface area contributed by atoms with E-state index < -0.39 is 0 Å². The topological polar surface area (TPSA) is 96.9 Å². The molecule has 2 aliphatic rings. The van der Waals surface area contributed by atoms with Gasteiger partial charge in [0, 0.05) is 43.6 Å². The fourth-order valence-electron chi connectivity index (χ4n) is 3.27. The van der Waals surface area contributed by atoms with Gasteiger partial charge in [-0.1, -0.05) is 6.07 Å². The smallest absolute Gasteiger partial charge is 0.272 e. The Hall–Kier alpha value is -3.04. The van der Waals surface area contributed by atoms with Gasteiger partial charge in [-0.25, -0.2) is 9.97 Å². The van der Waals surface area contributed by atoms with Gasteiger partial charge in [-0.2, -0.15) is 0 Å². The monoisotopic (exact) mass is 397 g/mol. The van der Waals surface area contributed by atoms with Crippen molar-refractivity contribution >= 4 is 23.5 Å². The third kappa shape index (κ3) is 4.69. The number of rotatable bonds is 4. The molecule has 0 bridgehead atoms. The molecule has 2 fully saturated rings. The molecule has 152 valence electrons. The Bertz CT molecular complexity index is 807. The minimum Gasteiger partial charge on any atom is -0.378 e. The first kappa shape index (κ1) is 19.3. The number of morpholine rings is 2. The Morgan fingerprint density at radius 3 is 2.24 bits per heavy atom. The van der Waals surface area contributed by atoms with Crippen molar-refractivity contribution < 1.29 is 19.1 Å². The molecule has 1 aromatic heterocycles. The normalized spacial score (nSPS) is 17.1. The number of aromatic nitrogens is 2. The van der Waals surface area contributed by atoms with Gasteiger partial charge in [0.25, 0.3) is 11.8 Å². The van der Waals surface area contributed by atoms with Crippen LogP contribution in [-0.2, 0) is 9.47 Å². The Balaban J connectivity index is 1.46. The quantitative estimate of drug-likeness (QED) is 0.827. The van der Waals surface area contributed by atoms with E-state index in [1.54, 1.807) is 40.3 Å². The van der Waals surface area contributed by atoms with Gasteiger partial charge in [0.05, 0.1) is 26.4 Å². The molecule has 3 heterocycles. The molecule has 0 saturated carbocycles. The highest BCUT2D eigenvalue weighted by Gasteiger charge is 2.21. The fourth-order valence-corrected chi connectivity index (χ4v) is 3.27. The van der Waals surface area contributed by atoms with Crippen LogP contribution in [0, 0.1) is 0 Å². The van der Waals surface area contributed by atoms with Crippen LogP contribution in [0.15, 0.2) is 36.5 Å². The third-order valence-electron chi connectivity index (χ3n) is 4.84. The van der Waals surface area contributed by atoms with Crippen LogP contribution < -0.4 is 5.32 Å². The number of benzene rings is 1. The number of nitrogens with one attached hydrogen (secondary N) is 1. The molecule has 0 aliphatic carbocycles. The number of carbonyl (C=O) groups excluding carboxylic acids is 2. The fraction of sp³-hybridized carbons (Fsp3) is 0.400. The highest BCUT2D eigenvalue weighted by atomic mass is 16.5. The van der Waals surface area contributed by atoms with E-state index in [0.717, 1.165) is 0 Å². The Morgan fingerprint density at radius 1 is 0.897 bits per heavy atom. The molecule has 2 aromatic rings. The minimum atomic E-state index is -0.144. The zero-order valence-corrected chi connectivity index (χ0v) is 16.0. The van der Waals surface area contributed by atoms with Crippen LogP contribution in [-0.4, -0.2) is 84.2 Å². The number of carbonyl (C=O) groups is 2. The lowest BCUT2D eigenvalue weighted by Gasteiger charge is -2.27. The molecule has 9 nitrogen and oxygen atoms in total. The summed E-state index contributed by atoms with van der Waals surface area (Å²) >= 11 is 0. The predicted octanol–water partition coefficient (Wildman–Crippen LogP) is 1.16. The first-order valence-corrected chi connectivity index (χ1v) is 9.65. The lowest BCUT2D eigenvalue weighted by Crippen LogP contribution is -2.41. The van der Waals surface area contributed by atoms with E-state index in [9.17, 15) is 9.59 Å². The van der Waals surface area contributed by atoms with Gasteiger partial charge in [-0.05, 0) is 24.3 Å². The Kier molecular flexibility index (Phi) is 5.97. The molecule has 2 aliphatic heterocycles. The first-order valence-electron chi connectivity index (χ1n) is 9.65. The molecular weight excluding hydrogens is 374 g/mol. The van der Waals surface area contributed by atoms with Gasteiger partial charge < -0.3 is 24.6 Å². The second-order valence-corrected chi connectivity index (χ2v) is 6.78. The van der Waals surface area contributed by atoms with Crippen molar-refractivity contribution in [3.63, 3.8) is 0 Å². The van der Waals surface area contributed by atoms with Crippen LogP contribution in [0.3, 0.4) is 0 Å². The highest BCUT2D eigenvalue weighted by molar-refractivity contribution is 5.95. The largest absolute Gasteiger partial charge is 0.378 e. The van der Waals surface area contributed by atoms with Gasteiger partial charge in [0.15, 0.2) is 0 Å². The first-order chi connectivity index (χ1) is 14.2. The molecule has 2 saturated heterocycles. The second kappa shape index (κ2) is 8.97. The number of anilines is 2. The number of nitrogens with zero attached hydrogens (tertiary/aromatic N) is 4. The van der Waals surface area contributed by atoms with Gasteiger partial charge >= 0.3 is 0 Å². The van der Waals surface area contributed by atoms with Crippen LogP contribution in [0.1, 0.15) is 20.8 Å². The summed E-state index contributed by atoms with van der Waals surface area (Å²) in [7, 11) is 0. The maximum atomic E-state index is 12.7. The van der Waals surface area contributed by atoms with Crippen molar-refractivity contribution in [3.05, 3.63) is 47.8 Å². The molecule has 0 atom stereocenters. The zero-order chi connectivity index (χ0) is 20.1. The lowest BCUT2D eigenvalue weighted by atomic mass is 10.1. The summed E-state index contributed by atoms with van der Waals surface area (Å²) in [4.78, 5) is 37.3. The zero-order valence-electron chi connectivity index (χ0n) is 16.0. The summed E-state index contributed by atoms with van der Waals surface area (Å²) in [6.07, 6.45) is 1.55. The van der Waals surface area contributed by atoms with Crippen LogP contribution in [0.4, 0.5) is 11.6 Å². The summed E-state index contributed by atoms with van der Waals surface area (Å²) in [6.45, 7) is 4.46. The van der Waals surface area contributed by atoms with Gasteiger partial charge in [0.2, 0.25) is 5.95 Å². The maximum Gasteiger partial charge on any atom is 0.272 e. The summed E-state index contributed by atoms with van der Waals surface area (Å²) in [5.41, 5.74) is 1.59. The third-order valence-corrected chi connectivity index (χ3v) is 4.84. The van der Waals surface area contributed by atoms with E-state index in [0.29, 0.717) is 75.5 Å². The van der Waals surface area contributed by atoms with E-state index in [1.165, 1.54) is 0 Å². The van der Waals surface area contributed by atoms with Crippen molar-refractivity contribution in [2.75, 3.05) is 57.9 Å². The van der Waals surface area contributed by atoms with Crippen LogP contribution in [0.5, 0.6) is 0 Å². The number of amides is 2. The van der Waals surface area contributed by atoms with Gasteiger partial charge in [-0.3, -0.25) is 9.59 Å². The Morgan fingerprint density at radius 2 is 1.55 bits per heavy atom. The predicted molar refractivity (Wildman–Crippen MR) is 105 cm³/mol. The maximum absolute atomic E-state index is 12.7. The van der Waals surface area contributed by atoms with Gasteiger partial charge in [0.1, 0.15) is 5.69 Å². The molecule has 1 aromatic carbocycles. The molecule has 0 spiro atoms. The van der Waals surface area contributed by atoms with Crippen molar-refractivity contribution in [2.24, 2.45) is 0 Å². The number of hydrogen-bond donors (Lipinski definition) is 1. The van der Waals surface area contributed by atoms with E-state index in [1.807, 2.05) is 6.07 Å². The van der Waals surface area contributed by atoms with E-state index >= 15 is 0 Å². The second-order valence-electron chi connectivity index (χ2n) is 6.78. The van der Waals surface area contributed by atoms with E-state index in [-0.39, 0.29) is 11.8 Å². The van der Waals surface area contributed by atoms with Gasteiger partial charge in [-0.15, -0.1) is 0 Å². The molecule has 0 unspecified atom stereocenters. The minimum absolute atomic E-state index is 0.0332. The van der Waals surface area contributed by atoms with E-state index in [4.69, 9.17) is 9.47 Å². The molecule has 0 radical (unpaired) electrons. The summed E-state index contributed by atoms with van der Waals surface area (Å²) in [5, 5.41) is 3.09. The summed E-state index contributed by atoms with van der Waals surface area (Å²) < 4.78 is 10.6. The standard InChI is InChI=1S/C20H23N5O4/c26-18(24-6-10-28-11-7-24)15-2-1-3-16(14-15)22-20-21-5-4-17(23-20)19(27)25-8-12-29-13-9-25/h1-5,14H,6-13H2,(H,21,22,23). The molecule has 1 N–H and O–H groups in total. The molecule has 29 heavy (non-hydrogen) atoms. The van der Waals surface area contributed by atoms with Crippen molar-refractivity contribution in [1.82, 2.24) is 19.8 Å². The number of hydrogen-bond acceptors (Lipinski definition) is 7. The molecular formula is C20H23N5O4. The number of ether oxygens (including phenoxy) is 2. The summed E-state index contributed by atoms with van der Waals surface area (Å²) in [5.74, 6) is 0.129. The van der Waals surface area contributed by atoms with Crippen molar-refractivity contribution in [3.8, 4) is 0 Å². The molecule has 4 rings (SSSR count). The van der Waals surface area contributed by atoms with Crippen molar-refractivity contribution in [1.29, 1.82) is 0 Å². The average Bonchev–Trinajstić information content (AvgIpc) is 2.79. The Labute approximate surface area is 168 Å². The van der Waals surface area contributed by atoms with Crippen LogP contribution in [0.2, 0.25) is 0 Å². The van der Waals surface area contributed by atoms with Crippen molar-refractivity contribution in [2.45, 2.75) is 0 Å². The molecule has 2 amide bonds. The molecule has 9 heteroatoms. The SMILES string of the molecule is O=C(c1cccc(Nc2nccc(C(=O)N3CCOCC3)n2)c1)N1CCOCC1.